The standard InChI is InChI=1S/C35H42N/c1-5-8-12-25-18-20-29-27(24-25)19-21-31-30(29)15-11-17-34-32(31)22-23-36(4)35(34)33-16-10-14-26(13-9-6-2)28(33)7-3/h10,14,16,18-24H,5-9,11-13,15,17H2,1-4H3/q+1. The van der Waals surface area contributed by atoms with Crippen molar-refractivity contribution >= 4 is 10.8 Å². The van der Waals surface area contributed by atoms with Crippen molar-refractivity contribution in [2.24, 2.45) is 7.05 Å². The molecule has 4 aromatic rings. The number of benzene rings is 3. The summed E-state index contributed by atoms with van der Waals surface area (Å²) in [5.41, 5.74) is 13.4. The summed E-state index contributed by atoms with van der Waals surface area (Å²) in [4.78, 5) is 0. The van der Waals surface area contributed by atoms with Crippen LogP contribution in [-0.2, 0) is 39.2 Å². The molecule has 0 bridgehead atoms. The average Bonchev–Trinajstić information content (AvgIpc) is 3.09. The highest BCUT2D eigenvalue weighted by Gasteiger charge is 2.26. The van der Waals surface area contributed by atoms with Crippen LogP contribution in [-0.4, -0.2) is 0 Å². The molecule has 3 aromatic carbocycles. The van der Waals surface area contributed by atoms with Gasteiger partial charge in [-0.3, -0.25) is 0 Å². The van der Waals surface area contributed by atoms with E-state index in [9.17, 15) is 0 Å². The zero-order valence-electron chi connectivity index (χ0n) is 22.8. The molecule has 0 aliphatic heterocycles. The van der Waals surface area contributed by atoms with Gasteiger partial charge in [-0.1, -0.05) is 76.1 Å². The molecule has 0 radical (unpaired) electrons. The van der Waals surface area contributed by atoms with Crippen LogP contribution in [0.4, 0.5) is 0 Å². The Morgan fingerprint density at radius 3 is 2.33 bits per heavy atom. The lowest BCUT2D eigenvalue weighted by Gasteiger charge is -2.17. The summed E-state index contributed by atoms with van der Waals surface area (Å²) in [7, 11) is 2.23. The summed E-state index contributed by atoms with van der Waals surface area (Å²) in [6.45, 7) is 6.89. The fourth-order valence-electron chi connectivity index (χ4n) is 6.38. The molecule has 0 N–H and O–H groups in total. The van der Waals surface area contributed by atoms with E-state index < -0.39 is 0 Å². The molecule has 36 heavy (non-hydrogen) atoms. The number of hydrogen-bond donors (Lipinski definition) is 0. The second-order valence-corrected chi connectivity index (χ2v) is 10.7. The van der Waals surface area contributed by atoms with E-state index in [1.54, 1.807) is 5.56 Å². The Kier molecular flexibility index (Phi) is 7.56. The zero-order chi connectivity index (χ0) is 25.1. The second kappa shape index (κ2) is 11.0. The van der Waals surface area contributed by atoms with Crippen LogP contribution in [0, 0.1) is 0 Å². The van der Waals surface area contributed by atoms with Gasteiger partial charge >= 0.3 is 0 Å². The Morgan fingerprint density at radius 2 is 1.53 bits per heavy atom. The molecule has 1 aliphatic rings. The minimum absolute atomic E-state index is 1.08. The summed E-state index contributed by atoms with van der Waals surface area (Å²) < 4.78 is 2.38. The molecular formula is C35H42N+. The molecule has 1 aliphatic carbocycles. The number of unbranched alkanes of at least 4 members (excludes halogenated alkanes) is 2. The summed E-state index contributed by atoms with van der Waals surface area (Å²) in [6, 6.07) is 21.4. The monoisotopic (exact) mass is 476 g/mol. The Labute approximate surface area is 218 Å². The smallest absolute Gasteiger partial charge is 0.201 e. The second-order valence-electron chi connectivity index (χ2n) is 10.7. The molecule has 0 saturated heterocycles. The van der Waals surface area contributed by atoms with Crippen LogP contribution in [0.1, 0.15) is 80.7 Å². The fourth-order valence-corrected chi connectivity index (χ4v) is 6.38. The van der Waals surface area contributed by atoms with Crippen LogP contribution in [0.2, 0.25) is 0 Å². The van der Waals surface area contributed by atoms with Gasteiger partial charge in [-0.15, -0.1) is 0 Å². The van der Waals surface area contributed by atoms with E-state index in [0.29, 0.717) is 0 Å². The number of hydrogen-bond acceptors (Lipinski definition) is 0. The topological polar surface area (TPSA) is 3.88 Å². The third-order valence-corrected chi connectivity index (χ3v) is 8.27. The number of fused-ring (bicyclic) bond motifs is 5. The van der Waals surface area contributed by atoms with E-state index in [4.69, 9.17) is 0 Å². The van der Waals surface area contributed by atoms with Crippen molar-refractivity contribution in [3.05, 3.63) is 88.6 Å². The van der Waals surface area contributed by atoms with Crippen molar-refractivity contribution in [3.63, 3.8) is 0 Å². The predicted molar refractivity (Wildman–Crippen MR) is 155 cm³/mol. The van der Waals surface area contributed by atoms with E-state index >= 15 is 0 Å². The van der Waals surface area contributed by atoms with E-state index in [1.165, 1.54) is 100 Å². The first kappa shape index (κ1) is 24.8. The van der Waals surface area contributed by atoms with Gasteiger partial charge in [0.1, 0.15) is 7.05 Å². The van der Waals surface area contributed by atoms with E-state index in [0.717, 1.165) is 19.3 Å². The highest BCUT2D eigenvalue weighted by Crippen LogP contribution is 2.40. The van der Waals surface area contributed by atoms with Gasteiger partial charge in [0.05, 0.1) is 0 Å². The van der Waals surface area contributed by atoms with Crippen molar-refractivity contribution in [2.75, 3.05) is 0 Å². The molecule has 0 fully saturated rings. The lowest BCUT2D eigenvalue weighted by molar-refractivity contribution is -0.660. The molecular weight excluding hydrogens is 434 g/mol. The van der Waals surface area contributed by atoms with Crippen LogP contribution in [0.25, 0.3) is 33.2 Å². The Balaban J connectivity index is 1.66. The van der Waals surface area contributed by atoms with E-state index in [2.05, 4.69) is 93.2 Å². The molecule has 1 heterocycles. The van der Waals surface area contributed by atoms with Crippen molar-refractivity contribution < 1.29 is 4.57 Å². The third-order valence-electron chi connectivity index (χ3n) is 8.27. The number of aryl methyl sites for hydroxylation is 4. The van der Waals surface area contributed by atoms with Gasteiger partial charge in [0.2, 0.25) is 5.69 Å². The molecule has 1 nitrogen and oxygen atoms in total. The Morgan fingerprint density at radius 1 is 0.750 bits per heavy atom. The molecule has 1 aromatic heterocycles. The normalized spacial score (nSPS) is 12.9. The largest absolute Gasteiger partial charge is 0.216 e. The SMILES string of the molecule is CCCCc1ccc2c3c(ccc2c1)-c1cc[n+](C)c(-c2cccc(CCCC)c2CC)c1CCC3. The number of nitrogens with zero attached hydrogens (tertiary/aromatic N) is 1. The van der Waals surface area contributed by atoms with Crippen LogP contribution >= 0.6 is 0 Å². The highest BCUT2D eigenvalue weighted by molar-refractivity contribution is 5.93. The molecule has 0 unspecified atom stereocenters. The van der Waals surface area contributed by atoms with Crippen molar-refractivity contribution in [2.45, 2.75) is 85.0 Å². The summed E-state index contributed by atoms with van der Waals surface area (Å²) in [5, 5.41) is 2.86. The Bertz CT molecular complexity index is 1380. The first-order valence-corrected chi connectivity index (χ1v) is 14.3. The number of rotatable bonds is 8. The molecule has 0 atom stereocenters. The maximum absolute atomic E-state index is 2.43. The van der Waals surface area contributed by atoms with Gasteiger partial charge in [-0.2, -0.15) is 0 Å². The third kappa shape index (κ3) is 4.61. The van der Waals surface area contributed by atoms with Crippen LogP contribution in [0.15, 0.2) is 60.8 Å². The van der Waals surface area contributed by atoms with Crippen LogP contribution in [0.3, 0.4) is 0 Å². The summed E-state index contributed by atoms with van der Waals surface area (Å²) >= 11 is 0. The molecule has 186 valence electrons. The quantitative estimate of drug-likeness (QED) is 0.224. The van der Waals surface area contributed by atoms with E-state index in [-0.39, 0.29) is 0 Å². The van der Waals surface area contributed by atoms with Gasteiger partial charge in [0, 0.05) is 17.2 Å². The van der Waals surface area contributed by atoms with Crippen molar-refractivity contribution in [1.29, 1.82) is 0 Å². The van der Waals surface area contributed by atoms with Gasteiger partial charge in [0.25, 0.3) is 0 Å². The van der Waals surface area contributed by atoms with E-state index in [1.807, 2.05) is 0 Å². The molecule has 0 spiro atoms. The Hall–Kier alpha value is -2.93. The molecule has 5 rings (SSSR count). The molecule has 0 saturated carbocycles. The summed E-state index contributed by atoms with van der Waals surface area (Å²) in [6.07, 6.45) is 14.2. The minimum atomic E-state index is 1.08. The zero-order valence-corrected chi connectivity index (χ0v) is 22.8. The average molecular weight is 477 g/mol. The van der Waals surface area contributed by atoms with Gasteiger partial charge in [-0.25, -0.2) is 4.57 Å². The maximum Gasteiger partial charge on any atom is 0.216 e. The van der Waals surface area contributed by atoms with Crippen molar-refractivity contribution in [3.8, 4) is 22.4 Å². The first-order chi connectivity index (χ1) is 17.7. The van der Waals surface area contributed by atoms with Crippen LogP contribution < -0.4 is 4.57 Å². The lowest BCUT2D eigenvalue weighted by Crippen LogP contribution is -2.32. The number of pyridine rings is 1. The maximum atomic E-state index is 2.43. The number of aromatic nitrogens is 1. The molecule has 0 amide bonds. The summed E-state index contributed by atoms with van der Waals surface area (Å²) in [5.74, 6) is 0. The van der Waals surface area contributed by atoms with Crippen molar-refractivity contribution in [1.82, 2.24) is 0 Å². The highest BCUT2D eigenvalue weighted by atomic mass is 14.9. The lowest BCUT2D eigenvalue weighted by atomic mass is 9.88. The predicted octanol–water partition coefficient (Wildman–Crippen LogP) is 8.73. The first-order valence-electron chi connectivity index (χ1n) is 14.3. The fraction of sp³-hybridized carbons (Fsp3) is 0.400. The van der Waals surface area contributed by atoms with Gasteiger partial charge < -0.3 is 0 Å². The van der Waals surface area contributed by atoms with Crippen LogP contribution in [0.5, 0.6) is 0 Å². The van der Waals surface area contributed by atoms with Gasteiger partial charge in [0.15, 0.2) is 6.20 Å². The van der Waals surface area contributed by atoms with Gasteiger partial charge in [-0.05, 0) is 102 Å². The minimum Gasteiger partial charge on any atom is -0.201 e. The molecule has 1 heteroatoms.